The van der Waals surface area contributed by atoms with E-state index in [2.05, 4.69) is 15.4 Å². The fraction of sp³-hybridized carbons (Fsp3) is 0.318. The molecule has 1 atom stereocenters. The lowest BCUT2D eigenvalue weighted by Crippen LogP contribution is -2.45. The lowest BCUT2D eigenvalue weighted by molar-refractivity contribution is -0.150. The highest BCUT2D eigenvalue weighted by Crippen LogP contribution is 2.17. The van der Waals surface area contributed by atoms with E-state index in [1.807, 2.05) is 0 Å². The molecule has 0 aliphatic carbocycles. The summed E-state index contributed by atoms with van der Waals surface area (Å²) in [6, 6.07) is 10.9. The van der Waals surface area contributed by atoms with Crippen LogP contribution in [0.5, 0.6) is 5.75 Å². The van der Waals surface area contributed by atoms with Gasteiger partial charge < -0.3 is 20.1 Å². The average molecular weight is 478 g/mol. The number of nitrogens with one attached hydrogen (secondary N) is 3. The van der Waals surface area contributed by atoms with Crippen molar-refractivity contribution in [2.75, 3.05) is 24.4 Å². The van der Waals surface area contributed by atoms with Gasteiger partial charge in [-0.05, 0) is 54.4 Å². The lowest BCUT2D eigenvalue weighted by atomic mass is 10.1. The van der Waals surface area contributed by atoms with Crippen molar-refractivity contribution in [2.45, 2.75) is 31.7 Å². The summed E-state index contributed by atoms with van der Waals surface area (Å²) >= 11 is 0. The number of methoxy groups -OCH3 is 1. The number of esters is 1. The monoisotopic (exact) mass is 477 g/mol. The second-order valence-corrected chi connectivity index (χ2v) is 9.15. The SMILES string of the molecule is COc1ccc(S(=O)(=O)N[C@H](C(=O)OCC(=O)Nc2ccc(NC(C)=O)cc2)C(C)C)cc1. The van der Waals surface area contributed by atoms with Crippen LogP contribution in [-0.2, 0) is 29.1 Å². The zero-order chi connectivity index (χ0) is 24.6. The molecule has 0 bridgehead atoms. The summed E-state index contributed by atoms with van der Waals surface area (Å²) in [5.41, 5.74) is 1.00. The van der Waals surface area contributed by atoms with E-state index in [4.69, 9.17) is 9.47 Å². The maximum absolute atomic E-state index is 12.7. The highest BCUT2D eigenvalue weighted by Gasteiger charge is 2.30. The highest BCUT2D eigenvalue weighted by atomic mass is 32.2. The molecule has 0 radical (unpaired) electrons. The second-order valence-electron chi connectivity index (χ2n) is 7.43. The summed E-state index contributed by atoms with van der Waals surface area (Å²) < 4.78 is 37.7. The third-order valence-electron chi connectivity index (χ3n) is 4.41. The molecule has 0 saturated heterocycles. The molecule has 0 aliphatic rings. The molecule has 0 unspecified atom stereocenters. The third-order valence-corrected chi connectivity index (χ3v) is 5.86. The van der Waals surface area contributed by atoms with Crippen LogP contribution in [0.15, 0.2) is 53.4 Å². The highest BCUT2D eigenvalue weighted by molar-refractivity contribution is 7.89. The van der Waals surface area contributed by atoms with E-state index in [1.54, 1.807) is 38.1 Å². The number of benzene rings is 2. The number of hydrogen-bond donors (Lipinski definition) is 3. The summed E-state index contributed by atoms with van der Waals surface area (Å²) in [7, 11) is -2.55. The maximum atomic E-state index is 12.7. The molecule has 2 aromatic carbocycles. The van der Waals surface area contributed by atoms with Gasteiger partial charge in [0.25, 0.3) is 5.91 Å². The van der Waals surface area contributed by atoms with Crippen LogP contribution < -0.4 is 20.1 Å². The topological polar surface area (TPSA) is 140 Å². The molecule has 2 amide bonds. The molecule has 0 heterocycles. The summed E-state index contributed by atoms with van der Waals surface area (Å²) in [5, 5.41) is 5.15. The summed E-state index contributed by atoms with van der Waals surface area (Å²) in [4.78, 5) is 35.6. The number of hydrogen-bond acceptors (Lipinski definition) is 7. The Morgan fingerprint density at radius 2 is 1.45 bits per heavy atom. The minimum atomic E-state index is -4.01. The van der Waals surface area contributed by atoms with Crippen LogP contribution >= 0.6 is 0 Å². The normalized spacial score (nSPS) is 12.0. The van der Waals surface area contributed by atoms with Crippen LogP contribution in [0.2, 0.25) is 0 Å². The first-order valence-corrected chi connectivity index (χ1v) is 11.5. The Morgan fingerprint density at radius 1 is 0.909 bits per heavy atom. The molecule has 10 nitrogen and oxygen atoms in total. The van der Waals surface area contributed by atoms with Crippen molar-refractivity contribution in [3.8, 4) is 5.75 Å². The predicted octanol–water partition coefficient (Wildman–Crippen LogP) is 2.14. The van der Waals surface area contributed by atoms with Crippen molar-refractivity contribution >= 4 is 39.2 Å². The molecule has 3 N–H and O–H groups in total. The van der Waals surface area contributed by atoms with Gasteiger partial charge in [0.2, 0.25) is 15.9 Å². The van der Waals surface area contributed by atoms with Gasteiger partial charge in [-0.1, -0.05) is 13.8 Å². The fourth-order valence-electron chi connectivity index (χ4n) is 2.71. The summed E-state index contributed by atoms with van der Waals surface area (Å²) in [6.07, 6.45) is 0. The average Bonchev–Trinajstić information content (AvgIpc) is 2.76. The number of ether oxygens (including phenoxy) is 2. The molecule has 0 aliphatic heterocycles. The second kappa shape index (κ2) is 11.4. The Hall–Kier alpha value is -3.44. The molecule has 0 saturated carbocycles. The number of anilines is 2. The zero-order valence-corrected chi connectivity index (χ0v) is 19.6. The Bertz CT molecular complexity index is 1080. The molecular weight excluding hydrogens is 450 g/mol. The van der Waals surface area contributed by atoms with E-state index < -0.39 is 40.5 Å². The van der Waals surface area contributed by atoms with E-state index in [0.717, 1.165) is 0 Å². The number of sulfonamides is 1. The quantitative estimate of drug-likeness (QED) is 0.445. The van der Waals surface area contributed by atoms with E-state index in [-0.39, 0.29) is 10.8 Å². The molecule has 11 heteroatoms. The Balaban J connectivity index is 1.96. The Morgan fingerprint density at radius 3 is 1.94 bits per heavy atom. The molecular formula is C22H27N3O7S. The van der Waals surface area contributed by atoms with Gasteiger partial charge >= 0.3 is 5.97 Å². The molecule has 2 aromatic rings. The summed E-state index contributed by atoms with van der Waals surface area (Å²) in [5.74, 6) is -1.64. The van der Waals surface area contributed by atoms with E-state index >= 15 is 0 Å². The van der Waals surface area contributed by atoms with Crippen molar-refractivity contribution in [2.24, 2.45) is 5.92 Å². The van der Waals surface area contributed by atoms with Crippen molar-refractivity contribution in [3.05, 3.63) is 48.5 Å². The number of carbonyl (C=O) groups excluding carboxylic acids is 3. The van der Waals surface area contributed by atoms with Crippen molar-refractivity contribution in [3.63, 3.8) is 0 Å². The smallest absolute Gasteiger partial charge is 0.324 e. The van der Waals surface area contributed by atoms with Gasteiger partial charge in [-0.25, -0.2) is 8.42 Å². The van der Waals surface area contributed by atoms with Gasteiger partial charge in [0.15, 0.2) is 6.61 Å². The van der Waals surface area contributed by atoms with Crippen molar-refractivity contribution in [1.82, 2.24) is 4.72 Å². The lowest BCUT2D eigenvalue weighted by Gasteiger charge is -2.20. The van der Waals surface area contributed by atoms with Crippen LogP contribution in [0.4, 0.5) is 11.4 Å². The van der Waals surface area contributed by atoms with Gasteiger partial charge in [0.1, 0.15) is 11.8 Å². The van der Waals surface area contributed by atoms with Crippen molar-refractivity contribution < 1.29 is 32.3 Å². The van der Waals surface area contributed by atoms with E-state index in [1.165, 1.54) is 38.3 Å². The maximum Gasteiger partial charge on any atom is 0.324 e. The summed E-state index contributed by atoms with van der Waals surface area (Å²) in [6.45, 7) is 4.09. The molecule has 0 fully saturated rings. The fourth-order valence-corrected chi connectivity index (χ4v) is 4.04. The van der Waals surface area contributed by atoms with Crippen LogP contribution in [0.25, 0.3) is 0 Å². The third kappa shape index (κ3) is 7.88. The minimum absolute atomic E-state index is 0.0396. The first-order chi connectivity index (χ1) is 15.5. The molecule has 33 heavy (non-hydrogen) atoms. The van der Waals surface area contributed by atoms with Crippen LogP contribution in [0, 0.1) is 5.92 Å². The molecule has 2 rings (SSSR count). The number of rotatable bonds is 10. The van der Waals surface area contributed by atoms with Gasteiger partial charge in [-0.2, -0.15) is 4.72 Å². The van der Waals surface area contributed by atoms with Gasteiger partial charge in [0.05, 0.1) is 12.0 Å². The largest absolute Gasteiger partial charge is 0.497 e. The zero-order valence-electron chi connectivity index (χ0n) is 18.7. The van der Waals surface area contributed by atoms with Crippen LogP contribution in [0.1, 0.15) is 20.8 Å². The molecule has 178 valence electrons. The van der Waals surface area contributed by atoms with Crippen molar-refractivity contribution in [1.29, 1.82) is 0 Å². The predicted molar refractivity (Wildman–Crippen MR) is 122 cm³/mol. The van der Waals surface area contributed by atoms with E-state index in [9.17, 15) is 22.8 Å². The number of amides is 2. The first-order valence-electron chi connectivity index (χ1n) is 10.0. The number of carbonyl (C=O) groups is 3. The molecule has 0 aromatic heterocycles. The Kier molecular flexibility index (Phi) is 8.94. The van der Waals surface area contributed by atoms with E-state index in [0.29, 0.717) is 17.1 Å². The minimum Gasteiger partial charge on any atom is -0.497 e. The van der Waals surface area contributed by atoms with Crippen LogP contribution in [-0.4, -0.2) is 46.0 Å². The molecule has 0 spiro atoms. The standard InChI is InChI=1S/C22H27N3O7S/c1-14(2)21(25-33(29,30)19-11-9-18(31-4)10-12-19)22(28)32-13-20(27)24-17-7-5-16(6-8-17)23-15(3)26/h5-12,14,21,25H,13H2,1-4H3,(H,23,26)(H,24,27)/t21-/m0/s1. The van der Waals surface area contributed by atoms with Crippen LogP contribution in [0.3, 0.4) is 0 Å². The van der Waals surface area contributed by atoms with Gasteiger partial charge in [0, 0.05) is 18.3 Å². The first kappa shape index (κ1) is 25.8. The Labute approximate surface area is 192 Å². The van der Waals surface area contributed by atoms with Gasteiger partial charge in [-0.15, -0.1) is 0 Å². The van der Waals surface area contributed by atoms with Gasteiger partial charge in [-0.3, -0.25) is 14.4 Å².